The molecule has 26 heavy (non-hydrogen) atoms. The van der Waals surface area contributed by atoms with Crippen LogP contribution in [0.25, 0.3) is 0 Å². The second-order valence-corrected chi connectivity index (χ2v) is 6.59. The Balaban J connectivity index is 1.56. The number of hydrogen-bond donors (Lipinski definition) is 2. The van der Waals surface area contributed by atoms with Crippen LogP contribution in [0, 0.1) is 5.92 Å². The zero-order valence-corrected chi connectivity index (χ0v) is 16.3. The molecule has 2 rings (SSSR count). The summed E-state index contributed by atoms with van der Waals surface area (Å²) in [4.78, 5) is 4.26. The summed E-state index contributed by atoms with van der Waals surface area (Å²) in [5, 5.41) is 6.68. The van der Waals surface area contributed by atoms with E-state index in [9.17, 15) is 0 Å². The van der Waals surface area contributed by atoms with Gasteiger partial charge >= 0.3 is 0 Å². The van der Waals surface area contributed by atoms with Gasteiger partial charge in [-0.1, -0.05) is 6.07 Å². The first-order valence-corrected chi connectivity index (χ1v) is 9.50. The molecule has 0 amide bonds. The van der Waals surface area contributed by atoms with Crippen molar-refractivity contribution in [1.82, 2.24) is 10.6 Å². The van der Waals surface area contributed by atoms with Crippen molar-refractivity contribution in [2.75, 3.05) is 47.6 Å². The zero-order chi connectivity index (χ0) is 18.6. The van der Waals surface area contributed by atoms with Crippen molar-refractivity contribution in [3.8, 4) is 11.5 Å². The molecule has 0 atom stereocenters. The number of rotatable bonds is 12. The Morgan fingerprint density at radius 3 is 2.46 bits per heavy atom. The molecular weight excluding hydrogens is 330 g/mol. The highest BCUT2D eigenvalue weighted by molar-refractivity contribution is 5.79. The Bertz CT molecular complexity index is 559. The number of aryl methyl sites for hydroxylation is 1. The van der Waals surface area contributed by atoms with E-state index < -0.39 is 0 Å². The predicted molar refractivity (Wildman–Crippen MR) is 105 cm³/mol. The van der Waals surface area contributed by atoms with E-state index in [1.807, 2.05) is 12.1 Å². The molecule has 0 heterocycles. The van der Waals surface area contributed by atoms with Crippen LogP contribution in [0.4, 0.5) is 0 Å². The van der Waals surface area contributed by atoms with E-state index in [1.165, 1.54) is 18.4 Å². The van der Waals surface area contributed by atoms with Crippen molar-refractivity contribution in [3.05, 3.63) is 23.8 Å². The molecule has 1 aromatic carbocycles. The fourth-order valence-electron chi connectivity index (χ4n) is 2.67. The number of ether oxygens (including phenoxy) is 3. The fraction of sp³-hybridized carbons (Fsp3) is 0.650. The Morgan fingerprint density at radius 1 is 1.08 bits per heavy atom. The van der Waals surface area contributed by atoms with Crippen LogP contribution in [0.3, 0.4) is 0 Å². The monoisotopic (exact) mass is 363 g/mol. The molecule has 0 spiro atoms. The van der Waals surface area contributed by atoms with E-state index >= 15 is 0 Å². The van der Waals surface area contributed by atoms with E-state index in [0.717, 1.165) is 68.9 Å². The molecule has 1 aliphatic carbocycles. The number of benzene rings is 1. The zero-order valence-electron chi connectivity index (χ0n) is 16.3. The lowest BCUT2D eigenvalue weighted by atomic mass is 10.1. The van der Waals surface area contributed by atoms with Crippen LogP contribution in [-0.2, 0) is 11.2 Å². The summed E-state index contributed by atoms with van der Waals surface area (Å²) in [6.07, 6.45) is 5.68. The molecule has 0 aromatic heterocycles. The lowest BCUT2D eigenvalue weighted by Crippen LogP contribution is -2.38. The third-order valence-corrected chi connectivity index (χ3v) is 4.41. The lowest BCUT2D eigenvalue weighted by Gasteiger charge is -2.12. The van der Waals surface area contributed by atoms with Crippen LogP contribution in [-0.4, -0.2) is 53.5 Å². The van der Waals surface area contributed by atoms with E-state index in [0.29, 0.717) is 0 Å². The van der Waals surface area contributed by atoms with E-state index in [-0.39, 0.29) is 0 Å². The highest BCUT2D eigenvalue weighted by Crippen LogP contribution is 2.29. The van der Waals surface area contributed by atoms with E-state index in [4.69, 9.17) is 14.2 Å². The quantitative estimate of drug-likeness (QED) is 0.340. The van der Waals surface area contributed by atoms with Crippen molar-refractivity contribution in [3.63, 3.8) is 0 Å². The van der Waals surface area contributed by atoms with Crippen molar-refractivity contribution < 1.29 is 14.2 Å². The molecular formula is C20H33N3O3. The molecule has 0 radical (unpaired) electrons. The maximum atomic E-state index is 5.64. The van der Waals surface area contributed by atoms with Crippen LogP contribution in [0.2, 0.25) is 0 Å². The van der Waals surface area contributed by atoms with Gasteiger partial charge in [0.05, 0.1) is 14.2 Å². The molecule has 2 N–H and O–H groups in total. The smallest absolute Gasteiger partial charge is 0.190 e. The van der Waals surface area contributed by atoms with Crippen LogP contribution >= 0.6 is 0 Å². The summed E-state index contributed by atoms with van der Waals surface area (Å²) in [6, 6.07) is 6.07. The van der Waals surface area contributed by atoms with Gasteiger partial charge in [0.15, 0.2) is 17.5 Å². The molecule has 6 nitrogen and oxygen atoms in total. The van der Waals surface area contributed by atoms with Gasteiger partial charge in [-0.05, 0) is 55.7 Å². The number of hydrogen-bond acceptors (Lipinski definition) is 4. The SMILES string of the molecule is CN=C(NCCCOCC1CC1)NCCCc1ccc(OC)c(OC)c1. The Labute approximate surface area is 157 Å². The summed E-state index contributed by atoms with van der Waals surface area (Å²) >= 11 is 0. The second-order valence-electron chi connectivity index (χ2n) is 6.59. The Hall–Kier alpha value is -1.95. The molecule has 1 aromatic rings. The third-order valence-electron chi connectivity index (χ3n) is 4.41. The van der Waals surface area contributed by atoms with E-state index in [1.54, 1.807) is 21.3 Å². The van der Waals surface area contributed by atoms with Gasteiger partial charge in [-0.25, -0.2) is 0 Å². The van der Waals surface area contributed by atoms with Crippen LogP contribution in [0.15, 0.2) is 23.2 Å². The molecule has 0 unspecified atom stereocenters. The van der Waals surface area contributed by atoms with Gasteiger partial charge in [-0.2, -0.15) is 0 Å². The molecule has 6 heteroatoms. The molecule has 1 fully saturated rings. The second kappa shape index (κ2) is 11.6. The van der Waals surface area contributed by atoms with Crippen molar-refractivity contribution in [2.24, 2.45) is 10.9 Å². The number of guanidine groups is 1. The van der Waals surface area contributed by atoms with Crippen molar-refractivity contribution in [1.29, 1.82) is 0 Å². The van der Waals surface area contributed by atoms with Gasteiger partial charge < -0.3 is 24.8 Å². The fourth-order valence-corrected chi connectivity index (χ4v) is 2.67. The van der Waals surface area contributed by atoms with Gasteiger partial charge in [0.1, 0.15) is 0 Å². The van der Waals surface area contributed by atoms with Crippen molar-refractivity contribution in [2.45, 2.75) is 32.1 Å². The van der Waals surface area contributed by atoms with Crippen LogP contribution in [0.5, 0.6) is 11.5 Å². The Morgan fingerprint density at radius 2 is 1.81 bits per heavy atom. The number of nitrogens with zero attached hydrogens (tertiary/aromatic N) is 1. The topological polar surface area (TPSA) is 64.1 Å². The van der Waals surface area contributed by atoms with Gasteiger partial charge in [0.2, 0.25) is 0 Å². The average molecular weight is 364 g/mol. The van der Waals surface area contributed by atoms with E-state index in [2.05, 4.69) is 21.7 Å². The largest absolute Gasteiger partial charge is 0.493 e. The summed E-state index contributed by atoms with van der Waals surface area (Å²) in [6.45, 7) is 3.50. The van der Waals surface area contributed by atoms with Gasteiger partial charge in [-0.15, -0.1) is 0 Å². The average Bonchev–Trinajstić information content (AvgIpc) is 3.50. The first-order chi connectivity index (χ1) is 12.8. The van der Waals surface area contributed by atoms with Gasteiger partial charge in [0.25, 0.3) is 0 Å². The molecule has 1 aliphatic rings. The minimum absolute atomic E-state index is 0.764. The minimum atomic E-state index is 0.764. The Kier molecular flexibility index (Phi) is 9.10. The summed E-state index contributed by atoms with van der Waals surface area (Å²) in [7, 11) is 5.11. The van der Waals surface area contributed by atoms with Crippen LogP contribution < -0.4 is 20.1 Å². The number of methoxy groups -OCH3 is 2. The maximum Gasteiger partial charge on any atom is 0.190 e. The highest BCUT2D eigenvalue weighted by atomic mass is 16.5. The maximum absolute atomic E-state index is 5.64. The summed E-state index contributed by atoms with van der Waals surface area (Å²) < 4.78 is 16.3. The predicted octanol–water partition coefficient (Wildman–Crippen LogP) is 2.62. The number of aliphatic imine (C=N–C) groups is 1. The highest BCUT2D eigenvalue weighted by Gasteiger charge is 2.20. The first-order valence-electron chi connectivity index (χ1n) is 9.50. The summed E-state index contributed by atoms with van der Waals surface area (Å²) in [5.41, 5.74) is 1.24. The molecule has 0 saturated heterocycles. The number of nitrogens with one attached hydrogen (secondary N) is 2. The van der Waals surface area contributed by atoms with Crippen molar-refractivity contribution >= 4 is 5.96 Å². The molecule has 0 aliphatic heterocycles. The standard InChI is InChI=1S/C20H33N3O3/c1-21-20(23-12-5-13-26-15-17-7-8-17)22-11-4-6-16-9-10-18(24-2)19(14-16)25-3/h9-10,14,17H,4-8,11-13,15H2,1-3H3,(H2,21,22,23). The molecule has 146 valence electrons. The lowest BCUT2D eigenvalue weighted by molar-refractivity contribution is 0.123. The normalized spacial score (nSPS) is 14.2. The van der Waals surface area contributed by atoms with Gasteiger partial charge in [0, 0.05) is 33.4 Å². The third kappa shape index (κ3) is 7.52. The summed E-state index contributed by atoms with van der Waals surface area (Å²) in [5.74, 6) is 3.22. The first kappa shape index (κ1) is 20.4. The minimum Gasteiger partial charge on any atom is -0.493 e. The van der Waals surface area contributed by atoms with Gasteiger partial charge in [-0.3, -0.25) is 4.99 Å². The molecule has 0 bridgehead atoms. The van der Waals surface area contributed by atoms with Crippen LogP contribution in [0.1, 0.15) is 31.2 Å². The molecule has 1 saturated carbocycles.